The molecular weight excluding hydrogens is 616 g/mol. The fourth-order valence-corrected chi connectivity index (χ4v) is 4.65. The number of fused-ring (bicyclic) bond motifs is 2. The minimum atomic E-state index is 0. The molecule has 5 heteroatoms. The van der Waals surface area contributed by atoms with Crippen molar-refractivity contribution in [2.75, 3.05) is 76.0 Å². The van der Waals surface area contributed by atoms with Crippen molar-refractivity contribution in [3.8, 4) is 0 Å². The van der Waals surface area contributed by atoms with Gasteiger partial charge in [-0.15, -0.1) is 33.7 Å². The molecule has 0 radical (unpaired) electrons. The first-order chi connectivity index (χ1) is 20.2. The average Bonchev–Trinajstić information content (AvgIpc) is 3.69. The Labute approximate surface area is 286 Å². The normalized spacial score (nSPS) is 9.45. The van der Waals surface area contributed by atoms with Crippen LogP contribution in [0.4, 0.5) is 22.7 Å². The first-order valence-electron chi connectivity index (χ1n) is 14.1. The van der Waals surface area contributed by atoms with Crippen molar-refractivity contribution in [3.63, 3.8) is 0 Å². The maximum absolute atomic E-state index is 2.89. The summed E-state index contributed by atoms with van der Waals surface area (Å²) in [6, 6.07) is 46.7. The summed E-state index contributed by atoms with van der Waals surface area (Å²) < 4.78 is 0. The molecule has 0 N–H and O–H groups in total. The van der Waals surface area contributed by atoms with Gasteiger partial charge in [-0.05, 0) is 50.9 Å². The van der Waals surface area contributed by atoms with Crippen LogP contribution in [0.2, 0.25) is 0 Å². The molecule has 0 atom stereocenters. The van der Waals surface area contributed by atoms with E-state index < -0.39 is 0 Å². The molecule has 232 valence electrons. The molecule has 6 rings (SSSR count). The SMILES string of the molecule is CN(C)c1ccc(N(C)C)c2[cH-]ccc12.CN(C)c1ccc(N(C)C)c2[cH-]ccc12.[CH3-].[Zr].[c-]1ccccc1.[c-]1ccccc1. The molecule has 6 aromatic rings. The van der Waals surface area contributed by atoms with Crippen molar-refractivity contribution in [1.29, 1.82) is 0 Å². The Bertz CT molecular complexity index is 1320. The van der Waals surface area contributed by atoms with Gasteiger partial charge < -0.3 is 27.0 Å². The van der Waals surface area contributed by atoms with Crippen molar-refractivity contribution >= 4 is 44.3 Å². The van der Waals surface area contributed by atoms with Gasteiger partial charge >= 0.3 is 0 Å². The monoisotopic (exact) mass is 661 g/mol. The summed E-state index contributed by atoms with van der Waals surface area (Å²) in [6.45, 7) is 0. The Morgan fingerprint density at radius 2 is 0.727 bits per heavy atom. The van der Waals surface area contributed by atoms with E-state index in [9.17, 15) is 0 Å². The number of nitrogens with zero attached hydrogens (tertiary/aromatic N) is 4. The number of rotatable bonds is 4. The van der Waals surface area contributed by atoms with Gasteiger partial charge in [-0.3, -0.25) is 0 Å². The van der Waals surface area contributed by atoms with Gasteiger partial charge in [0.2, 0.25) is 0 Å². The van der Waals surface area contributed by atoms with E-state index in [4.69, 9.17) is 0 Å². The third-order valence-electron chi connectivity index (χ3n) is 6.68. The topological polar surface area (TPSA) is 13.0 Å². The van der Waals surface area contributed by atoms with Crippen LogP contribution in [0.25, 0.3) is 21.5 Å². The van der Waals surface area contributed by atoms with E-state index in [0.717, 1.165) is 0 Å². The molecule has 0 aliphatic rings. The summed E-state index contributed by atoms with van der Waals surface area (Å²) in [5.41, 5.74) is 5.11. The number of anilines is 4. The molecule has 0 saturated heterocycles. The summed E-state index contributed by atoms with van der Waals surface area (Å²) in [4.78, 5) is 8.62. The molecule has 0 saturated carbocycles. The quantitative estimate of drug-likeness (QED) is 0.175. The van der Waals surface area contributed by atoms with E-state index in [0.29, 0.717) is 0 Å². The third kappa shape index (κ3) is 10.7. The van der Waals surface area contributed by atoms with Gasteiger partial charge in [0.1, 0.15) is 0 Å². The minimum absolute atomic E-state index is 0. The Hall–Kier alpha value is -3.82. The number of hydrogen-bond donors (Lipinski definition) is 0. The number of hydrogen-bond acceptors (Lipinski definition) is 4. The molecule has 0 unspecified atom stereocenters. The van der Waals surface area contributed by atoms with Gasteiger partial charge in [0.25, 0.3) is 0 Å². The van der Waals surface area contributed by atoms with Crippen LogP contribution >= 0.6 is 0 Å². The summed E-state index contributed by atoms with van der Waals surface area (Å²) in [7, 11) is 16.6. The standard InChI is InChI=1S/2C13H17N2.2C6H5.CH3.Zr/c2*1-14(2)12-8-9-13(15(3)4)11-7-5-6-10(11)12;2*1-2-4-6-5-3-1;;/h2*5-9H,1-4H3;2*1-5H;1H3;/q5*-1;. The minimum Gasteiger partial charge on any atom is -0.415 e. The predicted molar refractivity (Wildman–Crippen MR) is 193 cm³/mol. The van der Waals surface area contributed by atoms with Crippen molar-refractivity contribution in [1.82, 2.24) is 0 Å². The Balaban J connectivity index is 0.000000312. The van der Waals surface area contributed by atoms with Crippen LogP contribution in [0.5, 0.6) is 0 Å². The van der Waals surface area contributed by atoms with Crippen LogP contribution in [0.1, 0.15) is 0 Å². The molecule has 0 amide bonds. The van der Waals surface area contributed by atoms with Crippen molar-refractivity contribution in [2.45, 2.75) is 0 Å². The Morgan fingerprint density at radius 3 is 0.955 bits per heavy atom. The molecule has 0 aliphatic heterocycles. The second kappa shape index (κ2) is 19.5. The fourth-order valence-electron chi connectivity index (χ4n) is 4.65. The van der Waals surface area contributed by atoms with Crippen LogP contribution in [-0.4, -0.2) is 56.4 Å². The molecule has 4 nitrogen and oxygen atoms in total. The molecule has 44 heavy (non-hydrogen) atoms. The van der Waals surface area contributed by atoms with E-state index in [-0.39, 0.29) is 33.6 Å². The summed E-state index contributed by atoms with van der Waals surface area (Å²) >= 11 is 0. The van der Waals surface area contributed by atoms with E-state index in [2.05, 4.69) is 149 Å². The predicted octanol–water partition coefficient (Wildman–Crippen LogP) is 8.80. The van der Waals surface area contributed by atoms with Crippen LogP contribution in [-0.2, 0) is 26.2 Å². The maximum atomic E-state index is 2.89. The molecule has 0 aromatic heterocycles. The Morgan fingerprint density at radius 1 is 0.432 bits per heavy atom. The van der Waals surface area contributed by atoms with Gasteiger partial charge in [0, 0.05) is 54.4 Å². The van der Waals surface area contributed by atoms with Crippen LogP contribution in [0.15, 0.2) is 121 Å². The van der Waals surface area contributed by atoms with Crippen LogP contribution in [0, 0.1) is 19.6 Å². The molecule has 0 bridgehead atoms. The fraction of sp³-hybridized carbons (Fsp3) is 0.205. The second-order valence-corrected chi connectivity index (χ2v) is 10.6. The van der Waals surface area contributed by atoms with Gasteiger partial charge in [0.15, 0.2) is 0 Å². The number of benzene rings is 4. The molecule has 6 aromatic carbocycles. The summed E-state index contributed by atoms with van der Waals surface area (Å²) in [5.74, 6) is 0. The maximum Gasteiger partial charge on any atom is 0.00536 e. The second-order valence-electron chi connectivity index (χ2n) is 10.6. The summed E-state index contributed by atoms with van der Waals surface area (Å²) in [6.07, 6.45) is 0. The average molecular weight is 663 g/mol. The third-order valence-corrected chi connectivity index (χ3v) is 6.68. The van der Waals surface area contributed by atoms with E-state index in [1.54, 1.807) is 0 Å². The van der Waals surface area contributed by atoms with Crippen LogP contribution in [0.3, 0.4) is 0 Å². The summed E-state index contributed by atoms with van der Waals surface area (Å²) in [5, 5.41) is 5.30. The van der Waals surface area contributed by atoms with Crippen molar-refractivity contribution < 1.29 is 26.2 Å². The zero-order valence-electron chi connectivity index (χ0n) is 27.8. The van der Waals surface area contributed by atoms with Crippen LogP contribution < -0.4 is 19.6 Å². The molecule has 0 heterocycles. The van der Waals surface area contributed by atoms with Crippen molar-refractivity contribution in [2.24, 2.45) is 0 Å². The van der Waals surface area contributed by atoms with Gasteiger partial charge in [-0.2, -0.15) is 97.1 Å². The first-order valence-corrected chi connectivity index (χ1v) is 14.1. The smallest absolute Gasteiger partial charge is 0.00536 e. The van der Waals surface area contributed by atoms with E-state index in [1.807, 2.05) is 60.7 Å². The van der Waals surface area contributed by atoms with E-state index >= 15 is 0 Å². The van der Waals surface area contributed by atoms with Gasteiger partial charge in [0.05, 0.1) is 0 Å². The molecular formula is C39H47N4Zr-5. The largest absolute Gasteiger partial charge is 0.415 e. The van der Waals surface area contributed by atoms with E-state index in [1.165, 1.54) is 44.3 Å². The zero-order chi connectivity index (χ0) is 30.5. The van der Waals surface area contributed by atoms with Gasteiger partial charge in [-0.25, -0.2) is 0 Å². The first kappa shape index (κ1) is 38.2. The van der Waals surface area contributed by atoms with Gasteiger partial charge in [-0.1, -0.05) is 24.3 Å². The molecule has 0 spiro atoms. The Kier molecular flexibility index (Phi) is 16.9. The molecule has 0 aliphatic carbocycles. The van der Waals surface area contributed by atoms with Crippen molar-refractivity contribution in [3.05, 3.63) is 141 Å². The zero-order valence-corrected chi connectivity index (χ0v) is 30.3. The molecule has 0 fully saturated rings.